The van der Waals surface area contributed by atoms with Gasteiger partial charge in [0.1, 0.15) is 0 Å². The topological polar surface area (TPSA) is 12.0 Å². The van der Waals surface area contributed by atoms with E-state index in [0.29, 0.717) is 0 Å². The lowest BCUT2D eigenvalue weighted by atomic mass is 9.86. The monoisotopic (exact) mass is 291 g/mol. The van der Waals surface area contributed by atoms with E-state index in [-0.39, 0.29) is 0 Å². The maximum Gasteiger partial charge on any atom is 0.0800 e. The minimum absolute atomic E-state index is 0.758. The van der Waals surface area contributed by atoms with Gasteiger partial charge in [0, 0.05) is 16.6 Å². The smallest absolute Gasteiger partial charge is 0.0800 e. The van der Waals surface area contributed by atoms with Crippen molar-refractivity contribution in [2.75, 3.05) is 5.32 Å². The van der Waals surface area contributed by atoms with Crippen LogP contribution in [0.15, 0.2) is 17.0 Å². The van der Waals surface area contributed by atoms with Crippen LogP contribution in [0.25, 0.3) is 0 Å². The Kier molecular flexibility index (Phi) is 3.86. The molecule has 1 aromatic carbocycles. The number of nitrogens with one attached hydrogen (secondary N) is 1. The molecule has 1 aromatic rings. The first-order valence-electron chi connectivity index (χ1n) is 7.21. The molecule has 1 N–H and O–H groups in total. The third-order valence-electron chi connectivity index (χ3n) is 4.25. The van der Waals surface area contributed by atoms with Crippen molar-refractivity contribution in [3.05, 3.63) is 23.3 Å². The molecule has 1 aliphatic heterocycles. The molecule has 0 saturated heterocycles. The summed E-state index contributed by atoms with van der Waals surface area (Å²) in [7, 11) is 0. The number of thioether (sulfide) groups is 1. The summed E-state index contributed by atoms with van der Waals surface area (Å²) in [4.78, 5) is 2.45. The second-order valence-corrected chi connectivity index (χ2v) is 7.65. The van der Waals surface area contributed by atoms with Gasteiger partial charge >= 0.3 is 0 Å². The van der Waals surface area contributed by atoms with Crippen molar-refractivity contribution in [3.63, 3.8) is 0 Å². The lowest BCUT2D eigenvalue weighted by molar-refractivity contribution is 0.381. The Morgan fingerprint density at radius 2 is 2.00 bits per heavy atom. The molecule has 2 atom stereocenters. The van der Waals surface area contributed by atoms with Crippen molar-refractivity contribution >= 4 is 34.7 Å². The molecule has 2 aliphatic rings. The van der Waals surface area contributed by atoms with E-state index in [1.807, 2.05) is 0 Å². The van der Waals surface area contributed by atoms with E-state index in [1.54, 1.807) is 0 Å². The standard InChI is InChI=1S/C16H21NS2/c1-10-7-11(2)16-13(8-10)17-15(18)9-12-5-3-4-6-14(12)19-16/h7-8,12,14H,3-6,9H2,1-2H3,(H,17,18). The third kappa shape index (κ3) is 2.82. The summed E-state index contributed by atoms with van der Waals surface area (Å²) < 4.78 is 0. The fraction of sp³-hybridized carbons (Fsp3) is 0.562. The maximum atomic E-state index is 5.56. The van der Waals surface area contributed by atoms with Crippen LogP contribution in [0.1, 0.15) is 43.2 Å². The Bertz CT molecular complexity index is 510. The van der Waals surface area contributed by atoms with Crippen molar-refractivity contribution in [2.24, 2.45) is 5.92 Å². The van der Waals surface area contributed by atoms with Crippen LogP contribution in [0.2, 0.25) is 0 Å². The molecule has 2 unspecified atom stereocenters. The summed E-state index contributed by atoms with van der Waals surface area (Å²) >= 11 is 7.65. The van der Waals surface area contributed by atoms with Gasteiger partial charge in [-0.25, -0.2) is 0 Å². The molecule has 3 heteroatoms. The molecule has 1 heterocycles. The average Bonchev–Trinajstić information content (AvgIpc) is 2.33. The fourth-order valence-corrected chi connectivity index (χ4v) is 5.17. The summed E-state index contributed by atoms with van der Waals surface area (Å²) in [6, 6.07) is 4.53. The van der Waals surface area contributed by atoms with Crippen molar-refractivity contribution in [2.45, 2.75) is 56.1 Å². The largest absolute Gasteiger partial charge is 0.349 e. The molecule has 19 heavy (non-hydrogen) atoms. The fourth-order valence-electron chi connectivity index (χ4n) is 3.36. The van der Waals surface area contributed by atoms with E-state index in [2.05, 4.69) is 43.1 Å². The number of rotatable bonds is 0. The number of thiocarbonyl (C=S) groups is 1. The molecule has 1 fully saturated rings. The van der Waals surface area contributed by atoms with Gasteiger partial charge in [-0.05, 0) is 49.8 Å². The summed E-state index contributed by atoms with van der Waals surface area (Å²) in [6.07, 6.45) is 6.53. The molecular formula is C16H21NS2. The zero-order chi connectivity index (χ0) is 13.4. The van der Waals surface area contributed by atoms with Crippen molar-refractivity contribution in [3.8, 4) is 0 Å². The molecule has 0 radical (unpaired) electrons. The van der Waals surface area contributed by atoms with Crippen LogP contribution >= 0.6 is 24.0 Å². The van der Waals surface area contributed by atoms with Gasteiger partial charge in [0.2, 0.25) is 0 Å². The van der Waals surface area contributed by atoms with Gasteiger partial charge in [0.05, 0.1) is 10.7 Å². The molecule has 0 bridgehead atoms. The van der Waals surface area contributed by atoms with Gasteiger partial charge in [0.25, 0.3) is 0 Å². The molecule has 102 valence electrons. The highest BCUT2D eigenvalue weighted by molar-refractivity contribution is 8.00. The predicted octanol–water partition coefficient (Wildman–Crippen LogP) is 5.10. The quantitative estimate of drug-likeness (QED) is 0.668. The van der Waals surface area contributed by atoms with E-state index in [0.717, 1.165) is 22.6 Å². The number of anilines is 1. The van der Waals surface area contributed by atoms with Crippen LogP contribution < -0.4 is 5.32 Å². The van der Waals surface area contributed by atoms with Crippen LogP contribution in [0.4, 0.5) is 5.69 Å². The van der Waals surface area contributed by atoms with Gasteiger partial charge < -0.3 is 5.32 Å². The number of hydrogen-bond acceptors (Lipinski definition) is 2. The van der Waals surface area contributed by atoms with Crippen molar-refractivity contribution in [1.82, 2.24) is 0 Å². The van der Waals surface area contributed by atoms with Crippen LogP contribution in [0, 0.1) is 19.8 Å². The summed E-state index contributed by atoms with van der Waals surface area (Å²) in [5.41, 5.74) is 3.94. The zero-order valence-corrected chi connectivity index (χ0v) is 13.3. The predicted molar refractivity (Wildman–Crippen MR) is 88.4 cm³/mol. The third-order valence-corrected chi connectivity index (χ3v) is 6.22. The van der Waals surface area contributed by atoms with Crippen LogP contribution in [0.5, 0.6) is 0 Å². The normalized spacial score (nSPS) is 26.7. The summed E-state index contributed by atoms with van der Waals surface area (Å²) in [5, 5.41) is 4.25. The Balaban J connectivity index is 2.00. The molecule has 1 saturated carbocycles. The van der Waals surface area contributed by atoms with Gasteiger partial charge in [-0.15, -0.1) is 11.8 Å². The maximum absolute atomic E-state index is 5.56. The second kappa shape index (κ2) is 5.45. The first-order chi connectivity index (χ1) is 9.13. The van der Waals surface area contributed by atoms with Crippen LogP contribution in [0.3, 0.4) is 0 Å². The molecule has 1 nitrogen and oxygen atoms in total. The van der Waals surface area contributed by atoms with Gasteiger partial charge in [-0.1, -0.05) is 31.1 Å². The van der Waals surface area contributed by atoms with Gasteiger partial charge in [-0.2, -0.15) is 0 Å². The van der Waals surface area contributed by atoms with Crippen molar-refractivity contribution < 1.29 is 0 Å². The minimum atomic E-state index is 0.758. The van der Waals surface area contributed by atoms with E-state index in [9.17, 15) is 0 Å². The van der Waals surface area contributed by atoms with E-state index >= 15 is 0 Å². The summed E-state index contributed by atoms with van der Waals surface area (Å²) in [5.74, 6) is 0.771. The molecular weight excluding hydrogens is 270 g/mol. The SMILES string of the molecule is Cc1cc(C)c2c(c1)NC(=S)CC1CCCCC1S2. The highest BCUT2D eigenvalue weighted by Gasteiger charge is 2.30. The first kappa shape index (κ1) is 13.4. The van der Waals surface area contributed by atoms with E-state index in [4.69, 9.17) is 12.2 Å². The Labute approximate surface area is 125 Å². The Morgan fingerprint density at radius 1 is 1.21 bits per heavy atom. The zero-order valence-electron chi connectivity index (χ0n) is 11.7. The van der Waals surface area contributed by atoms with Crippen LogP contribution in [-0.4, -0.2) is 10.2 Å². The Hall–Kier alpha value is -0.540. The molecule has 0 amide bonds. The molecule has 0 aromatic heterocycles. The average molecular weight is 291 g/mol. The number of benzene rings is 1. The molecule has 1 aliphatic carbocycles. The lowest BCUT2D eigenvalue weighted by Gasteiger charge is -2.34. The lowest BCUT2D eigenvalue weighted by Crippen LogP contribution is -2.28. The van der Waals surface area contributed by atoms with Gasteiger partial charge in [-0.3, -0.25) is 0 Å². The highest BCUT2D eigenvalue weighted by Crippen LogP contribution is 2.44. The number of aryl methyl sites for hydroxylation is 2. The van der Waals surface area contributed by atoms with E-state index in [1.165, 1.54) is 47.4 Å². The second-order valence-electron chi connectivity index (χ2n) is 5.91. The highest BCUT2D eigenvalue weighted by atomic mass is 32.2. The van der Waals surface area contributed by atoms with Gasteiger partial charge in [0.15, 0.2) is 0 Å². The number of hydrogen-bond donors (Lipinski definition) is 1. The van der Waals surface area contributed by atoms with E-state index < -0.39 is 0 Å². The summed E-state index contributed by atoms with van der Waals surface area (Å²) in [6.45, 7) is 4.38. The molecule has 3 rings (SSSR count). The first-order valence-corrected chi connectivity index (χ1v) is 8.50. The molecule has 0 spiro atoms. The van der Waals surface area contributed by atoms with Crippen LogP contribution in [-0.2, 0) is 0 Å². The minimum Gasteiger partial charge on any atom is -0.349 e. The van der Waals surface area contributed by atoms with Crippen molar-refractivity contribution in [1.29, 1.82) is 0 Å². The number of fused-ring (bicyclic) bond motifs is 2. The Morgan fingerprint density at radius 3 is 2.84 bits per heavy atom.